The predicted molar refractivity (Wildman–Crippen MR) is 84.1 cm³/mol. The van der Waals surface area contributed by atoms with E-state index in [-0.39, 0.29) is 17.6 Å². The topological polar surface area (TPSA) is 68.5 Å². The van der Waals surface area contributed by atoms with Crippen molar-refractivity contribution in [2.24, 2.45) is 0 Å². The number of benzene rings is 1. The molecule has 0 aliphatic carbocycles. The van der Waals surface area contributed by atoms with E-state index in [0.717, 1.165) is 0 Å². The van der Waals surface area contributed by atoms with Gasteiger partial charge in [0, 0.05) is 18.0 Å². The van der Waals surface area contributed by atoms with Gasteiger partial charge in [-0.1, -0.05) is 19.0 Å². The maximum atomic E-state index is 13.4. The second kappa shape index (κ2) is 6.68. The van der Waals surface area contributed by atoms with Crippen LogP contribution in [-0.2, 0) is 4.74 Å². The van der Waals surface area contributed by atoms with Gasteiger partial charge in [-0.3, -0.25) is 4.79 Å². The van der Waals surface area contributed by atoms with Gasteiger partial charge in [-0.2, -0.15) is 4.98 Å². The average Bonchev–Trinajstić information content (AvgIpc) is 3.07. The van der Waals surface area contributed by atoms with Crippen molar-refractivity contribution in [2.75, 3.05) is 19.7 Å². The summed E-state index contributed by atoms with van der Waals surface area (Å²) >= 11 is 0. The molecule has 1 amide bonds. The number of aryl methyl sites for hydroxylation is 1. The minimum Gasteiger partial charge on any atom is -0.366 e. The van der Waals surface area contributed by atoms with Crippen LogP contribution in [0.3, 0.4) is 0 Å². The van der Waals surface area contributed by atoms with Gasteiger partial charge >= 0.3 is 0 Å². The van der Waals surface area contributed by atoms with Crippen LogP contribution in [0, 0.1) is 12.7 Å². The van der Waals surface area contributed by atoms with Crippen LogP contribution >= 0.6 is 0 Å². The van der Waals surface area contributed by atoms with E-state index in [1.807, 2.05) is 13.8 Å². The number of carbonyl (C=O) groups is 1. The van der Waals surface area contributed by atoms with Gasteiger partial charge in [0.1, 0.15) is 11.9 Å². The summed E-state index contributed by atoms with van der Waals surface area (Å²) < 4.78 is 24.3. The number of hydrogen-bond donors (Lipinski definition) is 0. The summed E-state index contributed by atoms with van der Waals surface area (Å²) in [5, 5.41) is 3.95. The first kappa shape index (κ1) is 16.6. The molecule has 0 saturated carbocycles. The molecule has 0 spiro atoms. The monoisotopic (exact) mass is 333 g/mol. The predicted octanol–water partition coefficient (Wildman–Crippen LogP) is 2.85. The fourth-order valence-corrected chi connectivity index (χ4v) is 2.56. The quantitative estimate of drug-likeness (QED) is 0.864. The van der Waals surface area contributed by atoms with E-state index < -0.39 is 6.10 Å². The van der Waals surface area contributed by atoms with Gasteiger partial charge in [-0.05, 0) is 30.7 Å². The minimum absolute atomic E-state index is 0.134. The van der Waals surface area contributed by atoms with Crippen molar-refractivity contribution in [3.8, 4) is 0 Å². The van der Waals surface area contributed by atoms with Crippen molar-refractivity contribution in [2.45, 2.75) is 32.8 Å². The summed E-state index contributed by atoms with van der Waals surface area (Å²) in [6.07, 6.45) is -0.416. The lowest BCUT2D eigenvalue weighted by Crippen LogP contribution is -2.42. The van der Waals surface area contributed by atoms with Gasteiger partial charge in [0.25, 0.3) is 5.91 Å². The van der Waals surface area contributed by atoms with Crippen molar-refractivity contribution in [1.82, 2.24) is 15.0 Å². The van der Waals surface area contributed by atoms with Crippen molar-refractivity contribution in [3.05, 3.63) is 46.9 Å². The zero-order chi connectivity index (χ0) is 17.3. The molecule has 24 heavy (non-hydrogen) atoms. The highest BCUT2D eigenvalue weighted by Crippen LogP contribution is 2.23. The summed E-state index contributed by atoms with van der Waals surface area (Å²) in [6.45, 7) is 6.77. The first-order valence-corrected chi connectivity index (χ1v) is 7.96. The van der Waals surface area contributed by atoms with E-state index in [9.17, 15) is 9.18 Å². The lowest BCUT2D eigenvalue weighted by molar-refractivity contribution is -0.0276. The zero-order valence-corrected chi connectivity index (χ0v) is 14.0. The van der Waals surface area contributed by atoms with Gasteiger partial charge in [0.2, 0.25) is 11.7 Å². The van der Waals surface area contributed by atoms with Crippen molar-refractivity contribution in [3.63, 3.8) is 0 Å². The average molecular weight is 333 g/mol. The second-order valence-electron chi connectivity index (χ2n) is 6.22. The van der Waals surface area contributed by atoms with Crippen LogP contribution < -0.4 is 0 Å². The normalized spacial score (nSPS) is 18.2. The van der Waals surface area contributed by atoms with E-state index in [1.165, 1.54) is 12.1 Å². The Bertz CT molecular complexity index is 744. The van der Waals surface area contributed by atoms with Crippen LogP contribution in [0.15, 0.2) is 22.7 Å². The fraction of sp³-hybridized carbons (Fsp3) is 0.471. The largest absolute Gasteiger partial charge is 0.366 e. The first-order valence-electron chi connectivity index (χ1n) is 7.96. The number of halogens is 1. The number of morpholine rings is 1. The van der Waals surface area contributed by atoms with E-state index in [1.54, 1.807) is 17.9 Å². The molecule has 0 bridgehead atoms. The van der Waals surface area contributed by atoms with Crippen LogP contribution in [-0.4, -0.2) is 40.6 Å². The van der Waals surface area contributed by atoms with Crippen LogP contribution in [0.5, 0.6) is 0 Å². The van der Waals surface area contributed by atoms with E-state index in [0.29, 0.717) is 42.5 Å². The Morgan fingerprint density at radius 2 is 2.21 bits per heavy atom. The molecule has 2 aromatic rings. The molecule has 1 atom stereocenters. The Hall–Kier alpha value is -2.28. The highest BCUT2D eigenvalue weighted by Gasteiger charge is 2.29. The third-order valence-electron chi connectivity index (χ3n) is 4.00. The summed E-state index contributed by atoms with van der Waals surface area (Å²) in [5.74, 6) is 0.658. The molecule has 1 saturated heterocycles. The lowest BCUT2D eigenvalue weighted by atomic mass is 10.1. The Morgan fingerprint density at radius 3 is 2.88 bits per heavy atom. The van der Waals surface area contributed by atoms with Crippen molar-refractivity contribution < 1.29 is 18.4 Å². The molecule has 1 aliphatic heterocycles. The number of rotatable bonds is 3. The SMILES string of the molecule is Cc1cc(C(=O)N2CCOC(c3noc(C(C)C)n3)C2)ccc1F. The molecular weight excluding hydrogens is 313 g/mol. The fourth-order valence-electron chi connectivity index (χ4n) is 2.56. The summed E-state index contributed by atoms with van der Waals surface area (Å²) in [4.78, 5) is 18.6. The molecule has 6 nitrogen and oxygen atoms in total. The molecule has 2 heterocycles. The molecule has 3 rings (SSSR count). The van der Waals surface area contributed by atoms with Crippen LogP contribution in [0.4, 0.5) is 4.39 Å². The zero-order valence-electron chi connectivity index (χ0n) is 14.0. The number of hydrogen-bond acceptors (Lipinski definition) is 5. The Kier molecular flexibility index (Phi) is 4.62. The molecule has 7 heteroatoms. The number of amides is 1. The van der Waals surface area contributed by atoms with E-state index in [4.69, 9.17) is 9.26 Å². The van der Waals surface area contributed by atoms with Gasteiger partial charge < -0.3 is 14.2 Å². The van der Waals surface area contributed by atoms with Gasteiger partial charge in [0.05, 0.1) is 13.2 Å². The maximum absolute atomic E-state index is 13.4. The maximum Gasteiger partial charge on any atom is 0.254 e. The number of carbonyl (C=O) groups excluding carboxylic acids is 1. The molecule has 0 N–H and O–H groups in total. The van der Waals surface area contributed by atoms with Crippen LogP contribution in [0.1, 0.15) is 53.5 Å². The lowest BCUT2D eigenvalue weighted by Gasteiger charge is -2.31. The summed E-state index contributed by atoms with van der Waals surface area (Å²) in [5.41, 5.74) is 0.913. The molecular formula is C17H20FN3O3. The second-order valence-corrected chi connectivity index (χ2v) is 6.22. The Morgan fingerprint density at radius 1 is 1.42 bits per heavy atom. The van der Waals surface area contributed by atoms with Crippen LogP contribution in [0.25, 0.3) is 0 Å². The highest BCUT2D eigenvalue weighted by molar-refractivity contribution is 5.94. The number of nitrogens with zero attached hydrogens (tertiary/aromatic N) is 3. The summed E-state index contributed by atoms with van der Waals surface area (Å²) in [6, 6.07) is 4.38. The minimum atomic E-state index is -0.416. The van der Waals surface area contributed by atoms with E-state index >= 15 is 0 Å². The van der Waals surface area contributed by atoms with Crippen molar-refractivity contribution >= 4 is 5.91 Å². The molecule has 1 aromatic carbocycles. The molecule has 1 aliphatic rings. The van der Waals surface area contributed by atoms with E-state index in [2.05, 4.69) is 10.1 Å². The van der Waals surface area contributed by atoms with Gasteiger partial charge in [0.15, 0.2) is 0 Å². The van der Waals surface area contributed by atoms with Gasteiger partial charge in [-0.15, -0.1) is 0 Å². The highest BCUT2D eigenvalue weighted by atomic mass is 19.1. The number of ether oxygens (including phenoxy) is 1. The summed E-state index contributed by atoms with van der Waals surface area (Å²) in [7, 11) is 0. The van der Waals surface area contributed by atoms with Crippen molar-refractivity contribution in [1.29, 1.82) is 0 Å². The molecule has 1 fully saturated rings. The standard InChI is InChI=1S/C17H20FN3O3/c1-10(2)16-19-15(20-24-16)14-9-21(6-7-23-14)17(22)12-4-5-13(18)11(3)8-12/h4-5,8,10,14H,6-7,9H2,1-3H3. The first-order chi connectivity index (χ1) is 11.5. The third-order valence-corrected chi connectivity index (χ3v) is 4.00. The molecule has 1 unspecified atom stereocenters. The molecule has 128 valence electrons. The third kappa shape index (κ3) is 3.31. The van der Waals surface area contributed by atoms with Gasteiger partial charge in [-0.25, -0.2) is 4.39 Å². The number of aromatic nitrogens is 2. The Labute approximate surface area is 139 Å². The smallest absolute Gasteiger partial charge is 0.254 e. The Balaban J connectivity index is 1.74. The molecule has 1 aromatic heterocycles. The molecule has 0 radical (unpaired) electrons. The van der Waals surface area contributed by atoms with Crippen LogP contribution in [0.2, 0.25) is 0 Å².